The summed E-state index contributed by atoms with van der Waals surface area (Å²) in [6.45, 7) is 6.65. The van der Waals surface area contributed by atoms with Gasteiger partial charge in [0.2, 0.25) is 0 Å². The molecule has 0 heterocycles. The van der Waals surface area contributed by atoms with Crippen molar-refractivity contribution in [3.63, 3.8) is 0 Å². The molecular formula is C23H28ClN3O6. The third-order valence-corrected chi connectivity index (χ3v) is 4.32. The van der Waals surface area contributed by atoms with Crippen LogP contribution in [-0.4, -0.2) is 44.5 Å². The van der Waals surface area contributed by atoms with E-state index in [1.165, 1.54) is 6.21 Å². The Morgan fingerprint density at radius 1 is 1.00 bits per heavy atom. The average molecular weight is 478 g/mol. The van der Waals surface area contributed by atoms with E-state index in [1.54, 1.807) is 37.3 Å². The van der Waals surface area contributed by atoms with Gasteiger partial charge in [0.1, 0.15) is 0 Å². The highest BCUT2D eigenvalue weighted by Gasteiger charge is 2.14. The number of hydrazone groups is 1. The van der Waals surface area contributed by atoms with Crippen LogP contribution in [0, 0.1) is 0 Å². The summed E-state index contributed by atoms with van der Waals surface area (Å²) in [7, 11) is 0. The number of primary amides is 1. The quantitative estimate of drug-likeness (QED) is 0.336. The highest BCUT2D eigenvalue weighted by Crippen LogP contribution is 2.36. The zero-order valence-electron chi connectivity index (χ0n) is 18.9. The Morgan fingerprint density at radius 3 is 2.39 bits per heavy atom. The molecule has 3 N–H and O–H groups in total. The molecule has 2 rings (SSSR count). The molecule has 0 aromatic heterocycles. The first-order chi connectivity index (χ1) is 15.9. The second kappa shape index (κ2) is 13.2. The van der Waals surface area contributed by atoms with Crippen LogP contribution in [0.5, 0.6) is 23.0 Å². The highest BCUT2D eigenvalue weighted by atomic mass is 35.5. The summed E-state index contributed by atoms with van der Waals surface area (Å²) >= 11 is 6.26. The largest absolute Gasteiger partial charge is 0.490 e. The van der Waals surface area contributed by atoms with Crippen molar-refractivity contribution < 1.29 is 28.5 Å². The lowest BCUT2D eigenvalue weighted by molar-refractivity contribution is -0.119. The molecule has 0 aliphatic heterocycles. The van der Waals surface area contributed by atoms with Gasteiger partial charge in [0, 0.05) is 5.56 Å². The average Bonchev–Trinajstić information content (AvgIpc) is 2.77. The molecule has 0 fully saturated rings. The summed E-state index contributed by atoms with van der Waals surface area (Å²) in [5.74, 6) is 0.527. The Morgan fingerprint density at radius 2 is 1.73 bits per heavy atom. The summed E-state index contributed by atoms with van der Waals surface area (Å²) in [4.78, 5) is 23.5. The first kappa shape index (κ1) is 25.8. The smallest absolute Gasteiger partial charge is 0.271 e. The first-order valence-corrected chi connectivity index (χ1v) is 10.9. The highest BCUT2D eigenvalue weighted by molar-refractivity contribution is 6.32. The number of ether oxygens (including phenoxy) is 4. The minimum Gasteiger partial charge on any atom is -0.490 e. The van der Waals surface area contributed by atoms with Crippen molar-refractivity contribution in [1.29, 1.82) is 0 Å². The minimum absolute atomic E-state index is 0.201. The molecule has 0 unspecified atom stereocenters. The van der Waals surface area contributed by atoms with E-state index in [9.17, 15) is 9.59 Å². The minimum atomic E-state index is -0.640. The van der Waals surface area contributed by atoms with E-state index in [0.29, 0.717) is 48.2 Å². The molecule has 0 saturated carbocycles. The molecular weight excluding hydrogens is 450 g/mol. The number of carbonyl (C=O) groups excluding carboxylic acids is 2. The van der Waals surface area contributed by atoms with Gasteiger partial charge in [-0.25, -0.2) is 5.43 Å². The van der Waals surface area contributed by atoms with Crippen LogP contribution < -0.4 is 30.1 Å². The van der Waals surface area contributed by atoms with Crippen molar-refractivity contribution in [2.45, 2.75) is 27.2 Å². The van der Waals surface area contributed by atoms with Crippen molar-refractivity contribution in [3.8, 4) is 23.0 Å². The van der Waals surface area contributed by atoms with Crippen LogP contribution in [0.4, 0.5) is 0 Å². The summed E-state index contributed by atoms with van der Waals surface area (Å²) in [5.41, 5.74) is 8.49. The second-order valence-corrected chi connectivity index (χ2v) is 7.07. The van der Waals surface area contributed by atoms with Crippen LogP contribution in [0.2, 0.25) is 5.02 Å². The first-order valence-electron chi connectivity index (χ1n) is 10.5. The SMILES string of the molecule is CCCOc1ccc(C(=O)N/N=C/c2cc(Cl)c(OCC(N)=O)c(OCC)c2)cc1OCC. The van der Waals surface area contributed by atoms with Crippen molar-refractivity contribution in [1.82, 2.24) is 5.43 Å². The van der Waals surface area contributed by atoms with E-state index in [1.807, 2.05) is 13.8 Å². The number of carbonyl (C=O) groups is 2. The monoisotopic (exact) mass is 477 g/mol. The number of hydrogen-bond donors (Lipinski definition) is 2. The van der Waals surface area contributed by atoms with Gasteiger partial charge < -0.3 is 24.7 Å². The molecule has 10 heteroatoms. The molecule has 0 radical (unpaired) electrons. The number of halogens is 1. The molecule has 2 aromatic rings. The van der Waals surface area contributed by atoms with E-state index < -0.39 is 11.8 Å². The van der Waals surface area contributed by atoms with Gasteiger partial charge in [0.15, 0.2) is 29.6 Å². The Bertz CT molecular complexity index is 996. The molecule has 178 valence electrons. The molecule has 33 heavy (non-hydrogen) atoms. The molecule has 9 nitrogen and oxygen atoms in total. The number of amides is 2. The number of nitrogens with zero attached hydrogens (tertiary/aromatic N) is 1. The van der Waals surface area contributed by atoms with Gasteiger partial charge >= 0.3 is 0 Å². The molecule has 0 aliphatic rings. The third-order valence-electron chi connectivity index (χ3n) is 4.04. The maximum atomic E-state index is 12.5. The van der Waals surface area contributed by atoms with Crippen LogP contribution in [0.3, 0.4) is 0 Å². The summed E-state index contributed by atoms with van der Waals surface area (Å²) in [6, 6.07) is 8.11. The fourth-order valence-corrected chi connectivity index (χ4v) is 2.96. The number of benzene rings is 2. The van der Waals surface area contributed by atoms with Gasteiger partial charge in [0.25, 0.3) is 11.8 Å². The summed E-state index contributed by atoms with van der Waals surface area (Å²) in [6.07, 6.45) is 2.27. The van der Waals surface area contributed by atoms with Gasteiger partial charge in [-0.05, 0) is 56.2 Å². The van der Waals surface area contributed by atoms with Crippen molar-refractivity contribution >= 4 is 29.6 Å². The Labute approximate surface area is 197 Å². The van der Waals surface area contributed by atoms with Crippen LogP contribution in [0.15, 0.2) is 35.4 Å². The molecule has 0 saturated heterocycles. The van der Waals surface area contributed by atoms with Crippen LogP contribution >= 0.6 is 11.6 Å². The fraction of sp³-hybridized carbons (Fsp3) is 0.348. The lowest BCUT2D eigenvalue weighted by atomic mass is 10.2. The van der Waals surface area contributed by atoms with Gasteiger partial charge in [0.05, 0.1) is 31.1 Å². The molecule has 0 bridgehead atoms. The molecule has 0 spiro atoms. The zero-order valence-corrected chi connectivity index (χ0v) is 19.6. The predicted octanol–water partition coefficient (Wildman–Crippen LogP) is 3.55. The number of nitrogens with two attached hydrogens (primary N) is 1. The molecule has 2 aromatic carbocycles. The van der Waals surface area contributed by atoms with Crippen molar-refractivity contribution in [3.05, 3.63) is 46.5 Å². The van der Waals surface area contributed by atoms with Crippen LogP contribution in [0.1, 0.15) is 43.1 Å². The maximum absolute atomic E-state index is 12.5. The van der Waals surface area contributed by atoms with E-state index in [-0.39, 0.29) is 17.4 Å². The maximum Gasteiger partial charge on any atom is 0.271 e. The Hall–Kier alpha value is -3.46. The lowest BCUT2D eigenvalue weighted by Crippen LogP contribution is -2.20. The van der Waals surface area contributed by atoms with E-state index >= 15 is 0 Å². The van der Waals surface area contributed by atoms with E-state index in [2.05, 4.69) is 10.5 Å². The van der Waals surface area contributed by atoms with Crippen LogP contribution in [-0.2, 0) is 4.79 Å². The zero-order chi connectivity index (χ0) is 24.2. The topological polar surface area (TPSA) is 121 Å². The van der Waals surface area contributed by atoms with Crippen molar-refractivity contribution in [2.24, 2.45) is 10.8 Å². The van der Waals surface area contributed by atoms with E-state index in [4.69, 9.17) is 36.3 Å². The van der Waals surface area contributed by atoms with Gasteiger partial charge in [-0.2, -0.15) is 5.10 Å². The van der Waals surface area contributed by atoms with Gasteiger partial charge in [-0.3, -0.25) is 9.59 Å². The second-order valence-electron chi connectivity index (χ2n) is 6.66. The standard InChI is InChI=1S/C23H28ClN3O6/c1-4-9-32-18-8-7-16(12-19(18)30-5-2)23(29)27-26-13-15-10-17(24)22(33-14-21(25)28)20(11-15)31-6-3/h7-8,10-13H,4-6,9,14H2,1-3H3,(H2,25,28)(H,27,29)/b26-13+. The molecule has 2 amide bonds. The summed E-state index contributed by atoms with van der Waals surface area (Å²) in [5, 5.41) is 4.19. The Balaban J connectivity index is 2.14. The van der Waals surface area contributed by atoms with E-state index in [0.717, 1.165) is 6.42 Å². The Kier molecular flexibility index (Phi) is 10.3. The number of rotatable bonds is 13. The normalized spacial score (nSPS) is 10.7. The van der Waals surface area contributed by atoms with Gasteiger partial charge in [-0.1, -0.05) is 18.5 Å². The van der Waals surface area contributed by atoms with Gasteiger partial charge in [-0.15, -0.1) is 0 Å². The molecule has 0 aliphatic carbocycles. The fourth-order valence-electron chi connectivity index (χ4n) is 2.69. The third kappa shape index (κ3) is 7.87. The lowest BCUT2D eigenvalue weighted by Gasteiger charge is -2.13. The number of hydrogen-bond acceptors (Lipinski definition) is 7. The predicted molar refractivity (Wildman–Crippen MR) is 126 cm³/mol. The van der Waals surface area contributed by atoms with Crippen LogP contribution in [0.25, 0.3) is 0 Å². The number of nitrogens with one attached hydrogen (secondary N) is 1. The molecule has 0 atom stereocenters. The van der Waals surface area contributed by atoms with Crippen molar-refractivity contribution in [2.75, 3.05) is 26.4 Å². The summed E-state index contributed by atoms with van der Waals surface area (Å²) < 4.78 is 22.1.